The Bertz CT molecular complexity index is 862. The van der Waals surface area contributed by atoms with E-state index in [1.165, 1.54) is 12.1 Å². The molecule has 0 saturated heterocycles. The van der Waals surface area contributed by atoms with E-state index in [0.29, 0.717) is 5.56 Å². The van der Waals surface area contributed by atoms with E-state index >= 15 is 0 Å². The van der Waals surface area contributed by atoms with Crippen molar-refractivity contribution in [3.63, 3.8) is 0 Å². The summed E-state index contributed by atoms with van der Waals surface area (Å²) < 4.78 is 27.2. The number of rotatable bonds is 7. The van der Waals surface area contributed by atoms with Crippen LogP contribution in [0.1, 0.15) is 16.7 Å². The predicted octanol–water partition coefficient (Wildman–Crippen LogP) is 2.44. The lowest BCUT2D eigenvalue weighted by Gasteiger charge is -2.11. The van der Waals surface area contributed by atoms with E-state index in [2.05, 4.69) is 4.72 Å². The van der Waals surface area contributed by atoms with Crippen LogP contribution in [0.2, 0.25) is 0 Å². The van der Waals surface area contributed by atoms with Crippen molar-refractivity contribution in [2.45, 2.75) is 24.9 Å². The largest absolute Gasteiger partial charge is 0.305 e. The zero-order chi connectivity index (χ0) is 18.6. The summed E-state index contributed by atoms with van der Waals surface area (Å²) in [5.41, 5.74) is 2.15. The fourth-order valence-corrected chi connectivity index (χ4v) is 3.38. The van der Waals surface area contributed by atoms with Crippen LogP contribution in [0.4, 0.5) is 5.69 Å². The van der Waals surface area contributed by atoms with E-state index in [1.807, 2.05) is 43.3 Å². The van der Waals surface area contributed by atoms with Gasteiger partial charge in [0, 0.05) is 24.7 Å². The molecule has 0 fully saturated rings. The molecule has 0 bridgehead atoms. The third kappa shape index (κ3) is 5.09. The Kier molecular flexibility index (Phi) is 5.89. The first-order chi connectivity index (χ1) is 11.7. The summed E-state index contributed by atoms with van der Waals surface area (Å²) in [6, 6.07) is 11.5. The maximum atomic E-state index is 12.4. The molecule has 134 valence electrons. The van der Waals surface area contributed by atoms with Gasteiger partial charge in [-0.1, -0.05) is 30.3 Å². The Morgan fingerprint density at radius 3 is 2.24 bits per heavy atom. The number of sulfonamides is 1. The van der Waals surface area contributed by atoms with Gasteiger partial charge in [-0.25, -0.2) is 13.1 Å². The Morgan fingerprint density at radius 2 is 1.68 bits per heavy atom. The number of nitrogens with zero attached hydrogens (tertiary/aromatic N) is 2. The molecule has 0 heterocycles. The molecule has 1 N–H and O–H groups in total. The van der Waals surface area contributed by atoms with E-state index in [-0.39, 0.29) is 17.1 Å². The Hall–Kier alpha value is -2.29. The van der Waals surface area contributed by atoms with Gasteiger partial charge in [0.15, 0.2) is 0 Å². The van der Waals surface area contributed by atoms with Crippen molar-refractivity contribution in [2.24, 2.45) is 0 Å². The van der Waals surface area contributed by atoms with Crippen LogP contribution in [0, 0.1) is 17.0 Å². The predicted molar refractivity (Wildman–Crippen MR) is 95.7 cm³/mol. The standard InChI is InChI=1S/C17H21N3O4S/c1-13-4-9-16(10-17(13)20(21)22)25(23,24)18-11-14-5-7-15(8-6-14)12-19(2)3/h4-10,18H,11-12H2,1-3H3. The smallest absolute Gasteiger partial charge is 0.273 e. The molecule has 25 heavy (non-hydrogen) atoms. The van der Waals surface area contributed by atoms with E-state index in [9.17, 15) is 18.5 Å². The lowest BCUT2D eigenvalue weighted by molar-refractivity contribution is -0.385. The Balaban J connectivity index is 2.11. The highest BCUT2D eigenvalue weighted by molar-refractivity contribution is 7.89. The van der Waals surface area contributed by atoms with Crippen LogP contribution in [0.15, 0.2) is 47.4 Å². The van der Waals surface area contributed by atoms with Crippen molar-refractivity contribution in [1.82, 2.24) is 9.62 Å². The van der Waals surface area contributed by atoms with Gasteiger partial charge in [-0.05, 0) is 38.2 Å². The van der Waals surface area contributed by atoms with Crippen LogP contribution >= 0.6 is 0 Å². The SMILES string of the molecule is Cc1ccc(S(=O)(=O)NCc2ccc(CN(C)C)cc2)cc1[N+](=O)[O-]. The summed E-state index contributed by atoms with van der Waals surface area (Å²) >= 11 is 0. The first kappa shape index (κ1) is 19.0. The van der Waals surface area contributed by atoms with Crippen molar-refractivity contribution in [3.05, 3.63) is 69.3 Å². The minimum absolute atomic E-state index is 0.117. The fraction of sp³-hybridized carbons (Fsp3) is 0.294. The second kappa shape index (κ2) is 7.73. The maximum absolute atomic E-state index is 12.4. The monoisotopic (exact) mass is 363 g/mol. The molecule has 7 nitrogen and oxygen atoms in total. The molecule has 2 aromatic rings. The number of hydrogen-bond acceptors (Lipinski definition) is 5. The van der Waals surface area contributed by atoms with Gasteiger partial charge in [0.2, 0.25) is 10.0 Å². The third-order valence-corrected chi connectivity index (χ3v) is 5.07. The molecule has 0 radical (unpaired) electrons. The molecule has 0 amide bonds. The van der Waals surface area contributed by atoms with Crippen molar-refractivity contribution in [2.75, 3.05) is 14.1 Å². The number of aryl methyl sites for hydroxylation is 1. The van der Waals surface area contributed by atoms with E-state index in [0.717, 1.165) is 23.7 Å². The molecular formula is C17H21N3O4S. The first-order valence-electron chi connectivity index (χ1n) is 7.66. The second-order valence-corrected chi connectivity index (χ2v) is 7.85. The van der Waals surface area contributed by atoms with Gasteiger partial charge < -0.3 is 4.90 Å². The van der Waals surface area contributed by atoms with Crippen LogP contribution in [0.25, 0.3) is 0 Å². The minimum atomic E-state index is -3.82. The van der Waals surface area contributed by atoms with Gasteiger partial charge in [-0.3, -0.25) is 10.1 Å². The van der Waals surface area contributed by atoms with Crippen LogP contribution < -0.4 is 4.72 Å². The number of nitro benzene ring substituents is 1. The average molecular weight is 363 g/mol. The number of nitrogens with one attached hydrogen (secondary N) is 1. The summed E-state index contributed by atoms with van der Waals surface area (Å²) in [5.74, 6) is 0. The number of benzene rings is 2. The average Bonchev–Trinajstić information content (AvgIpc) is 2.53. The highest BCUT2D eigenvalue weighted by Crippen LogP contribution is 2.22. The zero-order valence-electron chi connectivity index (χ0n) is 14.4. The van der Waals surface area contributed by atoms with Crippen LogP contribution in [-0.4, -0.2) is 32.3 Å². The summed E-state index contributed by atoms with van der Waals surface area (Å²) in [6.07, 6.45) is 0. The second-order valence-electron chi connectivity index (χ2n) is 6.08. The molecule has 0 unspecified atom stereocenters. The lowest BCUT2D eigenvalue weighted by Crippen LogP contribution is -2.23. The van der Waals surface area contributed by atoms with E-state index in [1.54, 1.807) is 6.92 Å². The Morgan fingerprint density at radius 1 is 1.08 bits per heavy atom. The molecule has 0 spiro atoms. The molecule has 0 saturated carbocycles. The number of hydrogen-bond donors (Lipinski definition) is 1. The Labute approximate surface area is 147 Å². The molecule has 2 rings (SSSR count). The number of nitro groups is 1. The van der Waals surface area contributed by atoms with Gasteiger partial charge in [-0.15, -0.1) is 0 Å². The summed E-state index contributed by atoms with van der Waals surface area (Å²) in [6.45, 7) is 2.49. The molecule has 0 aliphatic rings. The molecule has 8 heteroatoms. The molecule has 0 aliphatic carbocycles. The summed E-state index contributed by atoms with van der Waals surface area (Å²) in [4.78, 5) is 12.3. The summed E-state index contributed by atoms with van der Waals surface area (Å²) in [7, 11) is 0.127. The van der Waals surface area contributed by atoms with Gasteiger partial charge in [-0.2, -0.15) is 0 Å². The van der Waals surface area contributed by atoms with Crippen LogP contribution in [-0.2, 0) is 23.1 Å². The van der Waals surface area contributed by atoms with Crippen LogP contribution in [0.5, 0.6) is 0 Å². The van der Waals surface area contributed by atoms with Gasteiger partial charge in [0.1, 0.15) is 0 Å². The molecule has 0 aromatic heterocycles. The normalized spacial score (nSPS) is 11.7. The highest BCUT2D eigenvalue weighted by atomic mass is 32.2. The zero-order valence-corrected chi connectivity index (χ0v) is 15.2. The van der Waals surface area contributed by atoms with Crippen molar-refractivity contribution in [3.8, 4) is 0 Å². The van der Waals surface area contributed by atoms with E-state index < -0.39 is 14.9 Å². The lowest BCUT2D eigenvalue weighted by atomic mass is 10.1. The van der Waals surface area contributed by atoms with Crippen molar-refractivity contribution >= 4 is 15.7 Å². The molecule has 0 atom stereocenters. The fourth-order valence-electron chi connectivity index (χ4n) is 2.34. The summed E-state index contributed by atoms with van der Waals surface area (Å²) in [5, 5.41) is 11.0. The van der Waals surface area contributed by atoms with E-state index in [4.69, 9.17) is 0 Å². The van der Waals surface area contributed by atoms with Crippen LogP contribution in [0.3, 0.4) is 0 Å². The maximum Gasteiger partial charge on any atom is 0.273 e. The quantitative estimate of drug-likeness (QED) is 0.602. The third-order valence-electron chi connectivity index (χ3n) is 3.68. The van der Waals surface area contributed by atoms with Gasteiger partial charge in [0.25, 0.3) is 5.69 Å². The first-order valence-corrected chi connectivity index (χ1v) is 9.14. The highest BCUT2D eigenvalue weighted by Gasteiger charge is 2.19. The van der Waals surface area contributed by atoms with Gasteiger partial charge >= 0.3 is 0 Å². The molecule has 0 aliphatic heterocycles. The molecule has 2 aromatic carbocycles. The molecular weight excluding hydrogens is 342 g/mol. The van der Waals surface area contributed by atoms with Crippen molar-refractivity contribution in [1.29, 1.82) is 0 Å². The minimum Gasteiger partial charge on any atom is -0.305 e. The topological polar surface area (TPSA) is 92.6 Å². The van der Waals surface area contributed by atoms with Crippen molar-refractivity contribution < 1.29 is 13.3 Å². The van der Waals surface area contributed by atoms with Gasteiger partial charge in [0.05, 0.1) is 9.82 Å².